The monoisotopic (exact) mass is 755 g/mol. The fraction of sp³-hybridized carbons (Fsp3) is 0.314. The average molecular weight is 756 g/mol. The maximum absolute atomic E-state index is 13.9. The summed E-state index contributed by atoms with van der Waals surface area (Å²) in [6.07, 6.45) is -2.32. The molecule has 0 unspecified atom stereocenters. The highest BCUT2D eigenvalue weighted by molar-refractivity contribution is 7.18. The molecule has 1 aliphatic heterocycles. The van der Waals surface area contributed by atoms with E-state index in [9.17, 15) is 41.9 Å². The molecule has 1 saturated heterocycles. The number of nitrogens with zero attached hydrogens (tertiary/aromatic N) is 7. The Morgan fingerprint density at radius 1 is 1.15 bits per heavy atom. The molecule has 5 aromatic rings. The number of benzene rings is 1. The lowest BCUT2D eigenvalue weighted by Gasteiger charge is -2.38. The summed E-state index contributed by atoms with van der Waals surface area (Å²) >= 11 is 7.58. The standard InChI is InChI=1S/C35H27ClF5N7O3S/c1-19-45-27-16-44-31(46(2)22-8-12-47(13-9-22)18-34(37,38)35(39,40)41)25(15-42)28(27)32(49)48(19)11-3-4-20-5-6-21(36)14-24(20)23-7-10-43-29-26(33(50)51)17-52-30(23)29/h5-7,10,14,16-17,22H,8-9,11-13,18H2,1-2H3,(H,50,51). The van der Waals surface area contributed by atoms with Crippen molar-refractivity contribution in [1.82, 2.24) is 24.4 Å². The van der Waals surface area contributed by atoms with E-state index in [2.05, 4.69) is 32.9 Å². The van der Waals surface area contributed by atoms with E-state index in [1.807, 2.05) is 0 Å². The number of rotatable bonds is 7. The molecule has 0 saturated carbocycles. The SMILES string of the molecule is Cc1nc2cnc(N(C)C3CCN(CC(F)(F)C(F)(F)F)CC3)c(C#N)c2c(=O)n1CC#Cc1ccc(Cl)cc1-c1ccnc2c(C(=O)O)csc12. The first kappa shape index (κ1) is 36.6. The van der Waals surface area contributed by atoms with Gasteiger partial charge in [-0.25, -0.2) is 14.8 Å². The Bertz CT molecular complexity index is 2390. The van der Waals surface area contributed by atoms with Gasteiger partial charge < -0.3 is 10.0 Å². The molecule has 4 aromatic heterocycles. The number of anilines is 1. The van der Waals surface area contributed by atoms with Crippen LogP contribution < -0.4 is 10.5 Å². The number of halogens is 6. The molecule has 1 aromatic carbocycles. The Morgan fingerprint density at radius 2 is 1.88 bits per heavy atom. The average Bonchev–Trinajstić information content (AvgIpc) is 3.54. The molecular weight excluding hydrogens is 729 g/mol. The van der Waals surface area contributed by atoms with Crippen molar-refractivity contribution in [2.24, 2.45) is 0 Å². The van der Waals surface area contributed by atoms with E-state index in [0.717, 1.165) is 4.90 Å². The number of thiophene rings is 1. The van der Waals surface area contributed by atoms with Gasteiger partial charge in [0, 0.05) is 59.5 Å². The van der Waals surface area contributed by atoms with E-state index in [0.29, 0.717) is 37.8 Å². The molecule has 52 heavy (non-hydrogen) atoms. The number of likely N-dealkylation sites (tertiary alicyclic amines) is 1. The van der Waals surface area contributed by atoms with Gasteiger partial charge in [0.2, 0.25) is 0 Å². The van der Waals surface area contributed by atoms with E-state index < -0.39 is 30.2 Å². The Hall–Kier alpha value is -5.16. The van der Waals surface area contributed by atoms with Crippen molar-refractivity contribution in [2.45, 2.75) is 44.5 Å². The number of aryl methyl sites for hydroxylation is 1. The number of carbonyl (C=O) groups is 1. The molecule has 268 valence electrons. The lowest BCUT2D eigenvalue weighted by atomic mass is 10.00. The van der Waals surface area contributed by atoms with E-state index in [4.69, 9.17) is 11.6 Å². The van der Waals surface area contributed by atoms with Gasteiger partial charge in [0.15, 0.2) is 0 Å². The topological polar surface area (TPSA) is 128 Å². The molecule has 5 heterocycles. The first-order valence-electron chi connectivity index (χ1n) is 15.7. The fourth-order valence-electron chi connectivity index (χ4n) is 6.24. The minimum atomic E-state index is -5.65. The summed E-state index contributed by atoms with van der Waals surface area (Å²) in [6.45, 7) is 0.0140. The minimum absolute atomic E-state index is 0.00675. The molecule has 0 bridgehead atoms. The molecule has 0 amide bonds. The van der Waals surface area contributed by atoms with E-state index >= 15 is 0 Å². The van der Waals surface area contributed by atoms with Gasteiger partial charge in [0.1, 0.15) is 23.3 Å². The number of aromatic carboxylic acids is 1. The second kappa shape index (κ2) is 14.1. The Kier molecular flexibility index (Phi) is 9.93. The molecule has 0 spiro atoms. The summed E-state index contributed by atoms with van der Waals surface area (Å²) in [4.78, 5) is 41.5. The summed E-state index contributed by atoms with van der Waals surface area (Å²) in [5.41, 5.74) is 1.88. The van der Waals surface area contributed by atoms with E-state index in [1.54, 1.807) is 43.1 Å². The van der Waals surface area contributed by atoms with Crippen molar-refractivity contribution in [1.29, 1.82) is 5.26 Å². The largest absolute Gasteiger partial charge is 0.478 e. The highest BCUT2D eigenvalue weighted by Crippen LogP contribution is 2.38. The first-order valence-corrected chi connectivity index (χ1v) is 16.9. The predicted molar refractivity (Wildman–Crippen MR) is 186 cm³/mol. The minimum Gasteiger partial charge on any atom is -0.478 e. The first-order chi connectivity index (χ1) is 24.6. The molecule has 6 rings (SSSR count). The van der Waals surface area contributed by atoms with Crippen LogP contribution >= 0.6 is 22.9 Å². The third-order valence-electron chi connectivity index (χ3n) is 8.98. The zero-order valence-corrected chi connectivity index (χ0v) is 29.0. The summed E-state index contributed by atoms with van der Waals surface area (Å²) in [7, 11) is 1.63. The number of hydrogen-bond acceptors (Lipinski definition) is 9. The number of aromatic nitrogens is 4. The van der Waals surface area contributed by atoms with Crippen LogP contribution in [0.5, 0.6) is 0 Å². The number of carboxylic acid groups (broad SMARTS) is 1. The van der Waals surface area contributed by atoms with Crippen LogP contribution in [0.1, 0.15) is 40.2 Å². The number of carboxylic acids is 1. The molecule has 1 N–H and O–H groups in total. The normalized spacial score (nSPS) is 14.3. The quantitative estimate of drug-likeness (QED) is 0.142. The van der Waals surface area contributed by atoms with Crippen molar-refractivity contribution >= 4 is 55.8 Å². The van der Waals surface area contributed by atoms with E-state index in [-0.39, 0.29) is 66.4 Å². The number of alkyl halides is 5. The van der Waals surface area contributed by atoms with Gasteiger partial charge in [0.25, 0.3) is 5.56 Å². The Morgan fingerprint density at radius 3 is 2.56 bits per heavy atom. The summed E-state index contributed by atoms with van der Waals surface area (Å²) in [6, 6.07) is 8.53. The molecule has 1 aliphatic rings. The van der Waals surface area contributed by atoms with Crippen molar-refractivity contribution in [2.75, 3.05) is 31.6 Å². The van der Waals surface area contributed by atoms with Gasteiger partial charge >= 0.3 is 18.1 Å². The Labute approximate surface area is 301 Å². The number of nitriles is 1. The van der Waals surface area contributed by atoms with Gasteiger partial charge in [-0.05, 0) is 44.0 Å². The summed E-state index contributed by atoms with van der Waals surface area (Å²) < 4.78 is 67.4. The fourth-order valence-corrected chi connectivity index (χ4v) is 7.44. The van der Waals surface area contributed by atoms with Crippen molar-refractivity contribution in [3.63, 3.8) is 0 Å². The maximum atomic E-state index is 13.9. The Balaban J connectivity index is 1.29. The van der Waals surface area contributed by atoms with Crippen LogP contribution in [0.15, 0.2) is 46.8 Å². The molecule has 17 heteroatoms. The lowest BCUT2D eigenvalue weighted by Crippen LogP contribution is -2.51. The van der Waals surface area contributed by atoms with Crippen LogP contribution in [0, 0.1) is 30.1 Å². The van der Waals surface area contributed by atoms with Gasteiger partial charge in [0.05, 0.1) is 46.0 Å². The smallest absolute Gasteiger partial charge is 0.454 e. The molecule has 0 aliphatic carbocycles. The predicted octanol–water partition coefficient (Wildman–Crippen LogP) is 6.75. The van der Waals surface area contributed by atoms with Gasteiger partial charge in [-0.2, -0.15) is 27.2 Å². The highest BCUT2D eigenvalue weighted by Gasteiger charge is 2.58. The van der Waals surface area contributed by atoms with Gasteiger partial charge in [-0.3, -0.25) is 19.2 Å². The van der Waals surface area contributed by atoms with Crippen LogP contribution in [0.3, 0.4) is 0 Å². The third kappa shape index (κ3) is 6.89. The van der Waals surface area contributed by atoms with Crippen LogP contribution in [0.2, 0.25) is 5.02 Å². The third-order valence-corrected chi connectivity index (χ3v) is 10.2. The maximum Gasteiger partial charge on any atom is 0.454 e. The zero-order chi connectivity index (χ0) is 37.5. The van der Waals surface area contributed by atoms with Gasteiger partial charge in [-0.15, -0.1) is 11.3 Å². The van der Waals surface area contributed by atoms with Crippen LogP contribution in [0.25, 0.3) is 32.2 Å². The number of hydrogen-bond donors (Lipinski definition) is 1. The summed E-state index contributed by atoms with van der Waals surface area (Å²) in [5, 5.41) is 21.8. The van der Waals surface area contributed by atoms with E-state index in [1.165, 1.54) is 33.7 Å². The summed E-state index contributed by atoms with van der Waals surface area (Å²) in [5.74, 6) is 0.627. The molecule has 10 nitrogen and oxygen atoms in total. The molecule has 1 fully saturated rings. The number of pyridine rings is 2. The van der Waals surface area contributed by atoms with Crippen LogP contribution in [0.4, 0.5) is 27.8 Å². The van der Waals surface area contributed by atoms with Gasteiger partial charge in [-0.1, -0.05) is 23.4 Å². The lowest BCUT2D eigenvalue weighted by molar-refractivity contribution is -0.287. The second-order valence-electron chi connectivity index (χ2n) is 12.2. The molecular formula is C35H27ClF5N7O3S. The van der Waals surface area contributed by atoms with Crippen molar-refractivity contribution in [3.8, 4) is 29.0 Å². The van der Waals surface area contributed by atoms with Crippen molar-refractivity contribution in [3.05, 3.63) is 79.9 Å². The number of piperidine rings is 1. The van der Waals surface area contributed by atoms with Crippen LogP contribution in [-0.4, -0.2) is 80.3 Å². The molecule has 0 atom stereocenters. The highest BCUT2D eigenvalue weighted by atomic mass is 35.5. The molecule has 0 radical (unpaired) electrons. The van der Waals surface area contributed by atoms with Crippen LogP contribution in [-0.2, 0) is 6.54 Å². The number of fused-ring (bicyclic) bond motifs is 2. The second-order valence-corrected chi connectivity index (χ2v) is 13.5. The van der Waals surface area contributed by atoms with Crippen molar-refractivity contribution < 1.29 is 31.9 Å². The zero-order valence-electron chi connectivity index (χ0n) is 27.4.